The zero-order chi connectivity index (χ0) is 13.4. The molecule has 2 aliphatic heterocycles. The average Bonchev–Trinajstić information content (AvgIpc) is 2.88. The summed E-state index contributed by atoms with van der Waals surface area (Å²) in [5, 5.41) is 0.390. The van der Waals surface area contributed by atoms with E-state index in [2.05, 4.69) is 43.0 Å². The normalized spacial score (nSPS) is 28.9. The van der Waals surface area contributed by atoms with Crippen molar-refractivity contribution in [3.05, 3.63) is 29.8 Å². The van der Waals surface area contributed by atoms with Crippen LogP contribution in [0.5, 0.6) is 0 Å². The van der Waals surface area contributed by atoms with Crippen molar-refractivity contribution in [3.63, 3.8) is 0 Å². The summed E-state index contributed by atoms with van der Waals surface area (Å²) >= 11 is 1.50. The van der Waals surface area contributed by atoms with E-state index in [4.69, 9.17) is 0 Å². The monoisotopic (exact) mass is 275 g/mol. The van der Waals surface area contributed by atoms with Crippen molar-refractivity contribution in [2.24, 2.45) is 5.92 Å². The molecular formula is C16H21NOS. The van der Waals surface area contributed by atoms with Gasteiger partial charge in [-0.25, -0.2) is 0 Å². The largest absolute Gasteiger partial charge is 0.368 e. The predicted molar refractivity (Wildman–Crippen MR) is 81.9 cm³/mol. The Hall–Kier alpha value is -0.960. The van der Waals surface area contributed by atoms with Gasteiger partial charge >= 0.3 is 0 Å². The lowest BCUT2D eigenvalue weighted by atomic mass is 9.78. The van der Waals surface area contributed by atoms with E-state index in [9.17, 15) is 4.79 Å². The van der Waals surface area contributed by atoms with Crippen molar-refractivity contribution < 1.29 is 4.79 Å². The van der Waals surface area contributed by atoms with Crippen LogP contribution in [0, 0.1) is 5.92 Å². The Balaban J connectivity index is 2.01. The molecular weight excluding hydrogens is 254 g/mol. The van der Waals surface area contributed by atoms with Crippen LogP contribution >= 0.6 is 11.8 Å². The molecule has 0 radical (unpaired) electrons. The Labute approximate surface area is 119 Å². The lowest BCUT2D eigenvalue weighted by Gasteiger charge is -2.42. The summed E-state index contributed by atoms with van der Waals surface area (Å²) in [7, 11) is 0. The molecule has 3 atom stereocenters. The minimum Gasteiger partial charge on any atom is -0.368 e. The molecule has 1 saturated heterocycles. The fourth-order valence-corrected chi connectivity index (χ4v) is 4.56. The van der Waals surface area contributed by atoms with Crippen LogP contribution in [-0.4, -0.2) is 23.5 Å². The maximum atomic E-state index is 12.5. The summed E-state index contributed by atoms with van der Waals surface area (Å²) in [5.74, 6) is 1.40. The summed E-state index contributed by atoms with van der Waals surface area (Å²) in [6.07, 6.45) is 2.38. The molecule has 0 aromatic heterocycles. The minimum atomic E-state index is 0.169. The lowest BCUT2D eigenvalue weighted by Crippen LogP contribution is -2.45. The predicted octanol–water partition coefficient (Wildman–Crippen LogP) is 3.67. The van der Waals surface area contributed by atoms with Crippen LogP contribution in [0.4, 0.5) is 5.69 Å². The molecule has 0 saturated carbocycles. The third kappa shape index (κ3) is 2.08. The molecule has 0 aliphatic carbocycles. The van der Waals surface area contributed by atoms with Crippen LogP contribution in [0.25, 0.3) is 0 Å². The van der Waals surface area contributed by atoms with Gasteiger partial charge < -0.3 is 4.90 Å². The van der Waals surface area contributed by atoms with Crippen molar-refractivity contribution >= 4 is 22.6 Å². The molecule has 1 aromatic rings. The molecule has 3 rings (SSSR count). The molecule has 0 N–H and O–H groups in total. The van der Waals surface area contributed by atoms with Crippen molar-refractivity contribution in [1.29, 1.82) is 0 Å². The molecule has 2 aliphatic rings. The topological polar surface area (TPSA) is 20.3 Å². The highest BCUT2D eigenvalue weighted by Crippen LogP contribution is 2.46. The Morgan fingerprint density at radius 2 is 2.21 bits per heavy atom. The Morgan fingerprint density at radius 3 is 3.00 bits per heavy atom. The molecule has 1 aromatic carbocycles. The number of carbonyl (C=O) groups excluding carboxylic acids is 1. The van der Waals surface area contributed by atoms with Gasteiger partial charge in [0.15, 0.2) is 5.12 Å². The molecule has 0 spiro atoms. The quantitative estimate of drug-likeness (QED) is 0.821. The highest BCUT2D eigenvalue weighted by molar-refractivity contribution is 8.13. The number of carbonyl (C=O) groups is 1. The van der Waals surface area contributed by atoms with Gasteiger partial charge in [-0.2, -0.15) is 0 Å². The summed E-state index contributed by atoms with van der Waals surface area (Å²) in [4.78, 5) is 15.0. The first kappa shape index (κ1) is 13.0. The molecule has 102 valence electrons. The number of rotatable bonds is 2. The maximum Gasteiger partial charge on any atom is 0.194 e. The number of benzene rings is 1. The second kappa shape index (κ2) is 5.20. The summed E-state index contributed by atoms with van der Waals surface area (Å²) < 4.78 is 0. The first-order valence-corrected chi connectivity index (χ1v) is 8.24. The van der Waals surface area contributed by atoms with E-state index in [0.717, 1.165) is 12.3 Å². The number of nitrogens with zero attached hydrogens (tertiary/aromatic N) is 1. The van der Waals surface area contributed by atoms with Crippen molar-refractivity contribution in [1.82, 2.24) is 0 Å². The standard InChI is InChI=1S/C16H21NOS/c1-3-19-16(18)15-11(2)12-7-4-5-8-13(12)17-10-6-9-14(15)17/h4-5,7-8,11,14-15H,3,6,9-10H2,1-2H3/t11?,14-,15-/m1/s1. The zero-order valence-electron chi connectivity index (χ0n) is 11.6. The van der Waals surface area contributed by atoms with Gasteiger partial charge in [0.25, 0.3) is 0 Å². The smallest absolute Gasteiger partial charge is 0.194 e. The number of hydrogen-bond acceptors (Lipinski definition) is 3. The van der Waals surface area contributed by atoms with Gasteiger partial charge in [0, 0.05) is 18.3 Å². The van der Waals surface area contributed by atoms with Gasteiger partial charge in [0.1, 0.15) is 0 Å². The molecule has 2 nitrogen and oxygen atoms in total. The van der Waals surface area contributed by atoms with Crippen LogP contribution in [0.1, 0.15) is 38.2 Å². The second-order valence-electron chi connectivity index (χ2n) is 5.53. The van der Waals surface area contributed by atoms with Crippen LogP contribution < -0.4 is 4.90 Å². The Kier molecular flexibility index (Phi) is 3.57. The highest BCUT2D eigenvalue weighted by atomic mass is 32.2. The molecule has 0 bridgehead atoms. The highest BCUT2D eigenvalue weighted by Gasteiger charge is 2.44. The third-order valence-corrected chi connectivity index (χ3v) is 5.39. The molecule has 1 fully saturated rings. The van der Waals surface area contributed by atoms with E-state index >= 15 is 0 Å². The average molecular weight is 275 g/mol. The van der Waals surface area contributed by atoms with Gasteiger partial charge in [-0.05, 0) is 36.1 Å². The van der Waals surface area contributed by atoms with E-state index in [1.54, 1.807) is 0 Å². The van der Waals surface area contributed by atoms with Crippen LogP contribution in [0.15, 0.2) is 24.3 Å². The van der Waals surface area contributed by atoms with Gasteiger partial charge in [-0.1, -0.05) is 43.8 Å². The molecule has 19 heavy (non-hydrogen) atoms. The molecule has 2 heterocycles. The van der Waals surface area contributed by atoms with Crippen LogP contribution in [0.2, 0.25) is 0 Å². The van der Waals surface area contributed by atoms with E-state index in [1.807, 2.05) is 0 Å². The zero-order valence-corrected chi connectivity index (χ0v) is 12.5. The SMILES string of the molecule is CCSC(=O)[C@@H]1C(C)c2ccccc2N2CCC[C@H]12. The van der Waals surface area contributed by atoms with Crippen molar-refractivity contribution in [2.45, 2.75) is 38.6 Å². The number of fused-ring (bicyclic) bond motifs is 3. The Morgan fingerprint density at radius 1 is 1.42 bits per heavy atom. The Bertz CT molecular complexity index is 487. The number of para-hydroxylation sites is 1. The van der Waals surface area contributed by atoms with Gasteiger partial charge in [0.05, 0.1) is 5.92 Å². The minimum absolute atomic E-state index is 0.169. The fourth-order valence-electron chi connectivity index (χ4n) is 3.73. The molecule has 1 unspecified atom stereocenters. The van der Waals surface area contributed by atoms with E-state index in [0.29, 0.717) is 17.1 Å². The molecule has 3 heteroatoms. The number of hydrogen-bond donors (Lipinski definition) is 0. The molecule has 0 amide bonds. The maximum absolute atomic E-state index is 12.5. The van der Waals surface area contributed by atoms with Gasteiger partial charge in [-0.15, -0.1) is 0 Å². The van der Waals surface area contributed by atoms with Crippen molar-refractivity contribution in [2.75, 3.05) is 17.2 Å². The first-order chi connectivity index (χ1) is 9.24. The summed E-state index contributed by atoms with van der Waals surface area (Å²) in [6.45, 7) is 5.40. The van der Waals surface area contributed by atoms with Crippen LogP contribution in [0.3, 0.4) is 0 Å². The third-order valence-electron chi connectivity index (χ3n) is 4.55. The van der Waals surface area contributed by atoms with E-state index < -0.39 is 0 Å². The van der Waals surface area contributed by atoms with Gasteiger partial charge in [-0.3, -0.25) is 4.79 Å². The number of anilines is 1. The van der Waals surface area contributed by atoms with E-state index in [1.165, 1.54) is 35.9 Å². The number of thioether (sulfide) groups is 1. The lowest BCUT2D eigenvalue weighted by molar-refractivity contribution is -0.115. The van der Waals surface area contributed by atoms with Gasteiger partial charge in [0.2, 0.25) is 0 Å². The first-order valence-electron chi connectivity index (χ1n) is 7.26. The summed E-state index contributed by atoms with van der Waals surface area (Å²) in [6, 6.07) is 9.06. The van der Waals surface area contributed by atoms with Crippen molar-refractivity contribution in [3.8, 4) is 0 Å². The fraction of sp³-hybridized carbons (Fsp3) is 0.562. The summed E-state index contributed by atoms with van der Waals surface area (Å²) in [5.41, 5.74) is 2.72. The second-order valence-corrected chi connectivity index (χ2v) is 6.80. The van der Waals surface area contributed by atoms with Crippen LogP contribution in [-0.2, 0) is 4.79 Å². The van der Waals surface area contributed by atoms with E-state index in [-0.39, 0.29) is 5.92 Å².